The molecule has 0 aliphatic carbocycles. The Morgan fingerprint density at radius 1 is 1.57 bits per heavy atom. The van der Waals surface area contributed by atoms with Gasteiger partial charge in [-0.1, -0.05) is 11.8 Å². The fourth-order valence-corrected chi connectivity index (χ4v) is 2.29. The summed E-state index contributed by atoms with van der Waals surface area (Å²) in [7, 11) is 0. The van der Waals surface area contributed by atoms with Gasteiger partial charge in [0.2, 0.25) is 11.5 Å². The lowest BCUT2D eigenvalue weighted by Gasteiger charge is -2.24. The van der Waals surface area contributed by atoms with Gasteiger partial charge in [-0.05, 0) is 6.92 Å². The lowest BCUT2D eigenvalue weighted by atomic mass is 9.94. The molecular weight excluding hydrogens is 321 g/mol. The highest BCUT2D eigenvalue weighted by molar-refractivity contribution is 5.24. The van der Waals surface area contributed by atoms with Gasteiger partial charge in [0.1, 0.15) is 18.9 Å². The fourth-order valence-electron chi connectivity index (χ4n) is 2.29. The van der Waals surface area contributed by atoms with Crippen molar-refractivity contribution in [2.75, 3.05) is 6.67 Å². The van der Waals surface area contributed by atoms with Crippen molar-refractivity contribution < 1.29 is 28.1 Å². The third-order valence-corrected chi connectivity index (χ3v) is 3.39. The van der Waals surface area contributed by atoms with E-state index in [4.69, 9.17) is 4.74 Å². The maximum absolute atomic E-state index is 15.1. The van der Waals surface area contributed by atoms with E-state index in [0.717, 1.165) is 0 Å². The molecule has 10 heteroatoms. The SMILES string of the molecule is C[C@H](O)[C@H]1O[C@@H](n2cc(F)c(=O)[nH]c2=O)C(F)(C#CCF)[C@H]1O. The molecule has 7 nitrogen and oxygen atoms in total. The number of aliphatic hydroxyl groups excluding tert-OH is 2. The smallest absolute Gasteiger partial charge is 0.330 e. The summed E-state index contributed by atoms with van der Waals surface area (Å²) in [6, 6.07) is 0. The van der Waals surface area contributed by atoms with E-state index in [1.54, 1.807) is 16.8 Å². The highest BCUT2D eigenvalue weighted by Gasteiger charge is 2.59. The molecule has 5 atom stereocenters. The molecule has 23 heavy (non-hydrogen) atoms. The Hall–Kier alpha value is -2.09. The normalized spacial score (nSPS) is 31.5. The van der Waals surface area contributed by atoms with Gasteiger partial charge < -0.3 is 14.9 Å². The van der Waals surface area contributed by atoms with Gasteiger partial charge in [-0.3, -0.25) is 14.3 Å². The molecule has 0 saturated carbocycles. The molecule has 1 saturated heterocycles. The van der Waals surface area contributed by atoms with E-state index in [0.29, 0.717) is 10.8 Å². The number of nitrogens with zero attached hydrogens (tertiary/aromatic N) is 1. The van der Waals surface area contributed by atoms with Crippen LogP contribution in [0.25, 0.3) is 0 Å². The maximum Gasteiger partial charge on any atom is 0.330 e. The number of aromatic amines is 1. The van der Waals surface area contributed by atoms with Gasteiger partial charge in [-0.25, -0.2) is 13.6 Å². The number of hydrogen-bond acceptors (Lipinski definition) is 5. The van der Waals surface area contributed by atoms with Crippen LogP contribution in [0, 0.1) is 17.7 Å². The summed E-state index contributed by atoms with van der Waals surface area (Å²) >= 11 is 0. The molecule has 1 aliphatic heterocycles. The summed E-state index contributed by atoms with van der Waals surface area (Å²) < 4.78 is 46.1. The van der Waals surface area contributed by atoms with Crippen molar-refractivity contribution in [1.82, 2.24) is 9.55 Å². The first-order valence-corrected chi connectivity index (χ1v) is 6.49. The first-order chi connectivity index (χ1) is 10.7. The van der Waals surface area contributed by atoms with Crippen LogP contribution in [0.5, 0.6) is 0 Å². The van der Waals surface area contributed by atoms with Gasteiger partial charge >= 0.3 is 5.69 Å². The number of nitrogens with one attached hydrogen (secondary N) is 1. The zero-order valence-electron chi connectivity index (χ0n) is 11.8. The van der Waals surface area contributed by atoms with E-state index < -0.39 is 53.9 Å². The largest absolute Gasteiger partial charge is 0.391 e. The van der Waals surface area contributed by atoms with Crippen LogP contribution in [0.15, 0.2) is 15.8 Å². The summed E-state index contributed by atoms with van der Waals surface area (Å²) in [5.74, 6) is 2.17. The van der Waals surface area contributed by atoms with E-state index in [1.165, 1.54) is 6.92 Å². The second kappa shape index (κ2) is 6.19. The molecule has 3 N–H and O–H groups in total. The van der Waals surface area contributed by atoms with Gasteiger partial charge in [0, 0.05) is 0 Å². The first kappa shape index (κ1) is 17.3. The maximum atomic E-state index is 15.1. The molecule has 0 spiro atoms. The summed E-state index contributed by atoms with van der Waals surface area (Å²) in [5.41, 5.74) is -5.54. The fraction of sp³-hybridized carbons (Fsp3) is 0.538. The molecule has 0 amide bonds. The number of halogens is 3. The van der Waals surface area contributed by atoms with Crippen molar-refractivity contribution in [3.8, 4) is 11.8 Å². The van der Waals surface area contributed by atoms with E-state index in [2.05, 4.69) is 0 Å². The number of ether oxygens (including phenoxy) is 1. The number of hydrogen-bond donors (Lipinski definition) is 3. The van der Waals surface area contributed by atoms with Crippen LogP contribution in [0.2, 0.25) is 0 Å². The van der Waals surface area contributed by atoms with E-state index in [-0.39, 0.29) is 0 Å². The van der Waals surface area contributed by atoms with Gasteiger partial charge in [0.25, 0.3) is 5.56 Å². The van der Waals surface area contributed by atoms with Crippen LogP contribution in [0.1, 0.15) is 13.2 Å². The Morgan fingerprint density at radius 3 is 2.78 bits per heavy atom. The van der Waals surface area contributed by atoms with Crippen molar-refractivity contribution in [3.63, 3.8) is 0 Å². The average Bonchev–Trinajstić information content (AvgIpc) is 2.74. The predicted octanol–water partition coefficient (Wildman–Crippen LogP) is -1.00. The van der Waals surface area contributed by atoms with Crippen LogP contribution >= 0.6 is 0 Å². The molecule has 0 aromatic carbocycles. The van der Waals surface area contributed by atoms with Gasteiger partial charge in [-0.15, -0.1) is 0 Å². The third kappa shape index (κ3) is 2.90. The van der Waals surface area contributed by atoms with Crippen molar-refractivity contribution in [1.29, 1.82) is 0 Å². The van der Waals surface area contributed by atoms with Gasteiger partial charge in [0.15, 0.2) is 6.23 Å². The molecular formula is C13H13F3N2O5. The van der Waals surface area contributed by atoms with Crippen LogP contribution in [-0.2, 0) is 4.74 Å². The highest BCUT2D eigenvalue weighted by atomic mass is 19.1. The van der Waals surface area contributed by atoms with Crippen molar-refractivity contribution in [2.24, 2.45) is 0 Å². The van der Waals surface area contributed by atoms with Crippen LogP contribution < -0.4 is 11.2 Å². The van der Waals surface area contributed by atoms with Crippen molar-refractivity contribution in [2.45, 2.75) is 37.1 Å². The molecule has 1 unspecified atom stereocenters. The standard InChI is InChI=1S/C13H13F3N2O5/c1-6(19)8-9(20)13(16,3-2-4-14)11(23-8)18-5-7(15)10(21)17-12(18)22/h5-6,8-9,11,19-20H,4H2,1H3,(H,17,21,22)/t6-,8+,9-,11+,13?/m0/s1. The molecule has 2 rings (SSSR count). The van der Waals surface area contributed by atoms with E-state index in [1.807, 2.05) is 0 Å². The second-order valence-corrected chi connectivity index (χ2v) is 4.99. The number of H-pyrrole nitrogens is 1. The topological polar surface area (TPSA) is 105 Å². The third-order valence-electron chi connectivity index (χ3n) is 3.39. The minimum Gasteiger partial charge on any atom is -0.391 e. The lowest BCUT2D eigenvalue weighted by molar-refractivity contribution is -0.0806. The number of rotatable bonds is 2. The quantitative estimate of drug-likeness (QED) is 0.602. The minimum atomic E-state index is -3.00. The Morgan fingerprint density at radius 2 is 2.22 bits per heavy atom. The molecule has 1 aromatic heterocycles. The molecule has 2 heterocycles. The van der Waals surface area contributed by atoms with Gasteiger partial charge in [-0.2, -0.15) is 4.39 Å². The van der Waals surface area contributed by atoms with Crippen molar-refractivity contribution in [3.05, 3.63) is 32.9 Å². The molecule has 1 aliphatic rings. The van der Waals surface area contributed by atoms with Gasteiger partial charge in [0.05, 0.1) is 12.3 Å². The second-order valence-electron chi connectivity index (χ2n) is 4.99. The molecule has 0 radical (unpaired) electrons. The monoisotopic (exact) mass is 334 g/mol. The Bertz CT molecular complexity index is 765. The first-order valence-electron chi connectivity index (χ1n) is 6.49. The number of aromatic nitrogens is 2. The predicted molar refractivity (Wildman–Crippen MR) is 70.5 cm³/mol. The zero-order valence-corrected chi connectivity index (χ0v) is 11.8. The minimum absolute atomic E-state index is 0.343. The summed E-state index contributed by atoms with van der Waals surface area (Å²) in [6.07, 6.45) is -6.50. The Kier molecular flexibility index (Phi) is 4.65. The van der Waals surface area contributed by atoms with Crippen LogP contribution in [0.3, 0.4) is 0 Å². The Balaban J connectivity index is 2.61. The Labute approximate surface area is 127 Å². The van der Waals surface area contributed by atoms with Crippen molar-refractivity contribution >= 4 is 0 Å². The summed E-state index contributed by atoms with van der Waals surface area (Å²) in [4.78, 5) is 24.4. The molecule has 1 aromatic rings. The number of aliphatic hydroxyl groups is 2. The van der Waals surface area contributed by atoms with E-state index in [9.17, 15) is 28.6 Å². The zero-order chi connectivity index (χ0) is 17.4. The number of alkyl halides is 2. The van der Waals surface area contributed by atoms with Crippen LogP contribution in [-0.4, -0.2) is 50.4 Å². The molecule has 1 fully saturated rings. The van der Waals surface area contributed by atoms with E-state index >= 15 is 4.39 Å². The lowest BCUT2D eigenvalue weighted by Crippen LogP contribution is -2.46. The molecule has 126 valence electrons. The average molecular weight is 334 g/mol. The molecule has 0 bridgehead atoms. The summed E-state index contributed by atoms with van der Waals surface area (Å²) in [5, 5.41) is 19.5. The van der Waals surface area contributed by atoms with Crippen LogP contribution in [0.4, 0.5) is 13.2 Å². The summed E-state index contributed by atoms with van der Waals surface area (Å²) in [6.45, 7) is -0.0468. The highest BCUT2D eigenvalue weighted by Crippen LogP contribution is 2.41.